The molecule has 0 radical (unpaired) electrons. The highest BCUT2D eigenvalue weighted by atomic mass is 16.5. The van der Waals surface area contributed by atoms with Crippen molar-refractivity contribution in [2.75, 3.05) is 0 Å². The Morgan fingerprint density at radius 1 is 1.00 bits per heavy atom. The first-order valence-electron chi connectivity index (χ1n) is 10.8. The molecule has 2 atom stereocenters. The van der Waals surface area contributed by atoms with Crippen LogP contribution in [0, 0.1) is 11.8 Å². The summed E-state index contributed by atoms with van der Waals surface area (Å²) in [5.41, 5.74) is 6.97. The second kappa shape index (κ2) is 8.81. The average molecular weight is 425 g/mol. The fourth-order valence-electron chi connectivity index (χ4n) is 4.19. The summed E-state index contributed by atoms with van der Waals surface area (Å²) in [5.74, 6) is 0.744. The zero-order chi connectivity index (χ0) is 21.9. The first-order chi connectivity index (χ1) is 15.7. The third-order valence-corrected chi connectivity index (χ3v) is 6.06. The van der Waals surface area contributed by atoms with Crippen LogP contribution in [-0.2, 0) is 17.8 Å². The second-order valence-corrected chi connectivity index (χ2v) is 8.26. The van der Waals surface area contributed by atoms with Gasteiger partial charge < -0.3 is 4.74 Å². The number of benzene rings is 3. The molecule has 1 amide bonds. The normalized spacial score (nSPS) is 17.2. The lowest BCUT2D eigenvalue weighted by Gasteiger charge is -2.12. The highest BCUT2D eigenvalue weighted by molar-refractivity contribution is 5.85. The Kier molecular flexibility index (Phi) is 5.57. The van der Waals surface area contributed by atoms with Crippen LogP contribution >= 0.6 is 0 Å². The van der Waals surface area contributed by atoms with Crippen LogP contribution in [0.2, 0.25) is 0 Å². The minimum absolute atomic E-state index is 0.0743. The molecule has 3 aromatic carbocycles. The van der Waals surface area contributed by atoms with Crippen molar-refractivity contribution in [3.63, 3.8) is 0 Å². The number of hydrogen-bond donors (Lipinski definition) is 2. The smallest absolute Gasteiger partial charge is 0.246 e. The minimum atomic E-state index is -0.283. The first-order valence-corrected chi connectivity index (χ1v) is 10.8. The number of hydroxylamine groups is 1. The van der Waals surface area contributed by atoms with Crippen LogP contribution in [0.25, 0.3) is 22.2 Å². The van der Waals surface area contributed by atoms with Crippen LogP contribution in [0.15, 0.2) is 84.9 Å². The summed E-state index contributed by atoms with van der Waals surface area (Å²) in [6, 6.07) is 28.4. The molecule has 2 unspecified atom stereocenters. The molecule has 1 aromatic heterocycles. The van der Waals surface area contributed by atoms with Crippen LogP contribution in [0.3, 0.4) is 0 Å². The monoisotopic (exact) mass is 424 g/mol. The van der Waals surface area contributed by atoms with E-state index in [2.05, 4.69) is 24.3 Å². The van der Waals surface area contributed by atoms with Crippen molar-refractivity contribution in [2.45, 2.75) is 19.4 Å². The fraction of sp³-hybridized carbons (Fsp3) is 0.185. The maximum Gasteiger partial charge on any atom is 0.246 e. The summed E-state index contributed by atoms with van der Waals surface area (Å²) >= 11 is 0. The molecule has 1 aliphatic rings. The molecule has 4 aromatic rings. The van der Waals surface area contributed by atoms with Crippen molar-refractivity contribution in [3.05, 3.63) is 96.1 Å². The molecule has 0 bridgehead atoms. The van der Waals surface area contributed by atoms with Gasteiger partial charge in [-0.15, -0.1) is 0 Å². The van der Waals surface area contributed by atoms with E-state index in [4.69, 9.17) is 14.9 Å². The highest BCUT2D eigenvalue weighted by Crippen LogP contribution is 2.41. The summed E-state index contributed by atoms with van der Waals surface area (Å²) in [4.78, 5) is 16.3. The predicted molar refractivity (Wildman–Crippen MR) is 123 cm³/mol. The van der Waals surface area contributed by atoms with E-state index in [9.17, 15) is 4.79 Å². The molecular weight excluding hydrogens is 400 g/mol. The standard InChI is InChI=1S/C27H24N2O3/c30-27(29-31)24-15-20(24)14-18-10-12-22(13-11-18)32-17-21-16-26(19-6-2-1-3-7-19)28-25-9-5-4-8-23(21)25/h1-13,16,20,24,31H,14-15,17H2,(H,29,30). The van der Waals surface area contributed by atoms with Gasteiger partial charge in [0.05, 0.1) is 11.2 Å². The van der Waals surface area contributed by atoms with Crippen molar-refractivity contribution in [2.24, 2.45) is 11.8 Å². The molecule has 1 aliphatic carbocycles. The largest absolute Gasteiger partial charge is 0.489 e. The Bertz CT molecular complexity index is 1240. The van der Waals surface area contributed by atoms with E-state index in [1.54, 1.807) is 5.48 Å². The Morgan fingerprint density at radius 3 is 2.53 bits per heavy atom. The number of ether oxygens (including phenoxy) is 1. The maximum absolute atomic E-state index is 11.5. The van der Waals surface area contributed by atoms with Crippen molar-refractivity contribution in [1.82, 2.24) is 10.5 Å². The third-order valence-electron chi connectivity index (χ3n) is 6.06. The summed E-state index contributed by atoms with van der Waals surface area (Å²) in [6.07, 6.45) is 1.65. The van der Waals surface area contributed by atoms with Crippen molar-refractivity contribution in [1.29, 1.82) is 0 Å². The zero-order valence-corrected chi connectivity index (χ0v) is 17.6. The zero-order valence-electron chi connectivity index (χ0n) is 17.6. The van der Waals surface area contributed by atoms with Gasteiger partial charge in [0.1, 0.15) is 12.4 Å². The van der Waals surface area contributed by atoms with Crippen molar-refractivity contribution >= 4 is 16.8 Å². The summed E-state index contributed by atoms with van der Waals surface area (Å²) in [5, 5.41) is 9.84. The van der Waals surface area contributed by atoms with E-state index in [1.807, 2.05) is 60.7 Å². The van der Waals surface area contributed by atoms with Gasteiger partial charge in [0.25, 0.3) is 0 Å². The number of pyridine rings is 1. The predicted octanol–water partition coefficient (Wildman–Crippen LogP) is 5.16. The average Bonchev–Trinajstić information content (AvgIpc) is 3.62. The SMILES string of the molecule is O=C(NO)C1CC1Cc1ccc(OCc2cc(-c3ccccc3)nc3ccccc23)cc1. The van der Waals surface area contributed by atoms with E-state index >= 15 is 0 Å². The van der Waals surface area contributed by atoms with Crippen LogP contribution in [0.1, 0.15) is 17.5 Å². The molecule has 0 spiro atoms. The number of aromatic nitrogens is 1. The molecule has 1 saturated carbocycles. The van der Waals surface area contributed by atoms with Crippen molar-refractivity contribution in [3.8, 4) is 17.0 Å². The van der Waals surface area contributed by atoms with Crippen LogP contribution < -0.4 is 10.2 Å². The third kappa shape index (κ3) is 4.34. The van der Waals surface area contributed by atoms with Gasteiger partial charge >= 0.3 is 0 Å². The first kappa shape index (κ1) is 20.2. The molecule has 2 N–H and O–H groups in total. The number of carbonyl (C=O) groups excluding carboxylic acids is 1. The van der Waals surface area contributed by atoms with Gasteiger partial charge in [-0.05, 0) is 48.6 Å². The molecule has 5 rings (SSSR count). The van der Waals surface area contributed by atoms with Crippen molar-refractivity contribution < 1.29 is 14.7 Å². The molecule has 1 heterocycles. The van der Waals surface area contributed by atoms with Gasteiger partial charge in [0, 0.05) is 22.4 Å². The number of hydrogen-bond acceptors (Lipinski definition) is 4. The number of fused-ring (bicyclic) bond motifs is 1. The molecule has 0 aliphatic heterocycles. The number of carbonyl (C=O) groups is 1. The fourth-order valence-corrected chi connectivity index (χ4v) is 4.19. The molecule has 0 saturated heterocycles. The maximum atomic E-state index is 11.5. The van der Waals surface area contributed by atoms with Gasteiger partial charge in [-0.2, -0.15) is 0 Å². The Hall–Kier alpha value is -3.70. The minimum Gasteiger partial charge on any atom is -0.489 e. The van der Waals surface area contributed by atoms with Gasteiger partial charge in [-0.25, -0.2) is 10.5 Å². The van der Waals surface area contributed by atoms with Crippen LogP contribution in [0.5, 0.6) is 5.75 Å². The number of rotatable bonds is 7. The number of nitrogens with zero attached hydrogens (tertiary/aromatic N) is 1. The van der Waals surface area contributed by atoms with Gasteiger partial charge in [-0.1, -0.05) is 60.7 Å². The van der Waals surface area contributed by atoms with E-state index in [-0.39, 0.29) is 11.8 Å². The Balaban J connectivity index is 1.30. The lowest BCUT2D eigenvalue weighted by molar-refractivity contribution is -0.130. The van der Waals surface area contributed by atoms with E-state index in [0.717, 1.165) is 51.9 Å². The summed E-state index contributed by atoms with van der Waals surface area (Å²) in [6.45, 7) is 0.448. The second-order valence-electron chi connectivity index (χ2n) is 8.26. The quantitative estimate of drug-likeness (QED) is 0.317. The molecular formula is C27H24N2O3. The highest BCUT2D eigenvalue weighted by Gasteiger charge is 2.42. The van der Waals surface area contributed by atoms with Crippen LogP contribution in [-0.4, -0.2) is 16.1 Å². The Morgan fingerprint density at radius 2 is 1.75 bits per heavy atom. The molecule has 1 fully saturated rings. The number of amides is 1. The van der Waals surface area contributed by atoms with E-state index < -0.39 is 0 Å². The van der Waals surface area contributed by atoms with Gasteiger partial charge in [-0.3, -0.25) is 10.0 Å². The van der Waals surface area contributed by atoms with E-state index in [0.29, 0.717) is 12.5 Å². The lowest BCUT2D eigenvalue weighted by Crippen LogP contribution is -2.21. The molecule has 5 nitrogen and oxygen atoms in total. The molecule has 5 heteroatoms. The number of nitrogens with one attached hydrogen (secondary N) is 1. The lowest BCUT2D eigenvalue weighted by atomic mass is 10.0. The molecule has 160 valence electrons. The molecule has 32 heavy (non-hydrogen) atoms. The van der Waals surface area contributed by atoms with Gasteiger partial charge in [0.2, 0.25) is 5.91 Å². The van der Waals surface area contributed by atoms with E-state index in [1.165, 1.54) is 0 Å². The Labute approximate surface area is 186 Å². The number of para-hydroxylation sites is 1. The van der Waals surface area contributed by atoms with Crippen LogP contribution in [0.4, 0.5) is 0 Å². The topological polar surface area (TPSA) is 71.5 Å². The summed E-state index contributed by atoms with van der Waals surface area (Å²) in [7, 11) is 0. The summed E-state index contributed by atoms with van der Waals surface area (Å²) < 4.78 is 6.12. The van der Waals surface area contributed by atoms with Gasteiger partial charge in [0.15, 0.2) is 0 Å².